The number of aryl methyl sites for hydroxylation is 1. The number of hydrogen-bond acceptors (Lipinski definition) is 3. The van der Waals surface area contributed by atoms with E-state index in [-0.39, 0.29) is 11.7 Å². The van der Waals surface area contributed by atoms with E-state index in [0.717, 1.165) is 5.56 Å². The summed E-state index contributed by atoms with van der Waals surface area (Å²) in [6.45, 7) is 1.83. The summed E-state index contributed by atoms with van der Waals surface area (Å²) in [5.74, 6) is -0.688. The molecule has 3 N–H and O–H groups in total. The van der Waals surface area contributed by atoms with Crippen LogP contribution in [0.5, 0.6) is 5.75 Å². The quantitative estimate of drug-likeness (QED) is 0.846. The Morgan fingerprint density at radius 3 is 2.65 bits per heavy atom. The fourth-order valence-corrected chi connectivity index (χ4v) is 1.76. The molecule has 0 aliphatic heterocycles. The summed E-state index contributed by atoms with van der Waals surface area (Å²) in [6, 6.07) is 9.15. The Balaban J connectivity index is 2.21. The largest absolute Gasteiger partial charge is 0.494 e. The highest BCUT2D eigenvalue weighted by Crippen LogP contribution is 2.22. The van der Waals surface area contributed by atoms with Crippen LogP contribution in [0.2, 0.25) is 0 Å². The number of carbonyl (C=O) groups is 1. The van der Waals surface area contributed by atoms with Crippen LogP contribution in [0.4, 0.5) is 15.8 Å². The highest BCUT2D eigenvalue weighted by atomic mass is 19.1. The van der Waals surface area contributed by atoms with Gasteiger partial charge in [-0.2, -0.15) is 0 Å². The number of nitrogens with one attached hydrogen (secondary N) is 1. The van der Waals surface area contributed by atoms with Crippen LogP contribution in [0.3, 0.4) is 0 Å². The fourth-order valence-electron chi connectivity index (χ4n) is 1.76. The maximum Gasteiger partial charge on any atom is 0.255 e. The molecule has 2 rings (SSSR count). The van der Waals surface area contributed by atoms with Gasteiger partial charge in [-0.1, -0.05) is 0 Å². The zero-order chi connectivity index (χ0) is 14.7. The van der Waals surface area contributed by atoms with Gasteiger partial charge in [-0.05, 0) is 42.8 Å². The molecular weight excluding hydrogens is 259 g/mol. The lowest BCUT2D eigenvalue weighted by Crippen LogP contribution is -2.12. The molecule has 0 spiro atoms. The molecule has 2 aromatic carbocycles. The number of carbonyl (C=O) groups excluding carboxylic acids is 1. The van der Waals surface area contributed by atoms with Crippen molar-refractivity contribution in [1.29, 1.82) is 0 Å². The van der Waals surface area contributed by atoms with Gasteiger partial charge in [0.05, 0.1) is 7.11 Å². The van der Waals surface area contributed by atoms with Gasteiger partial charge in [-0.3, -0.25) is 4.79 Å². The van der Waals surface area contributed by atoms with E-state index >= 15 is 0 Å². The number of nitrogens with two attached hydrogens (primary N) is 1. The first-order valence-electron chi connectivity index (χ1n) is 6.02. The third-order valence-electron chi connectivity index (χ3n) is 2.94. The lowest BCUT2D eigenvalue weighted by atomic mass is 10.1. The molecule has 0 aromatic heterocycles. The molecule has 2 aromatic rings. The first kappa shape index (κ1) is 13.9. The van der Waals surface area contributed by atoms with E-state index in [2.05, 4.69) is 5.32 Å². The summed E-state index contributed by atoms with van der Waals surface area (Å²) < 4.78 is 18.1. The number of ether oxygens (including phenoxy) is 1. The fraction of sp³-hybridized carbons (Fsp3) is 0.133. The highest BCUT2D eigenvalue weighted by Gasteiger charge is 2.09. The number of benzene rings is 2. The summed E-state index contributed by atoms with van der Waals surface area (Å²) in [6.07, 6.45) is 0. The standard InChI is InChI=1S/C15H15FN2O2/c1-9-7-10(3-6-13(9)17)15(19)18-11-4-5-12(16)14(8-11)20-2/h3-8H,17H2,1-2H3,(H,18,19). The molecule has 0 aliphatic rings. The molecule has 1 amide bonds. The van der Waals surface area contributed by atoms with Crippen molar-refractivity contribution in [3.05, 3.63) is 53.3 Å². The van der Waals surface area contributed by atoms with E-state index in [1.807, 2.05) is 6.92 Å². The molecule has 0 fully saturated rings. The first-order chi connectivity index (χ1) is 9.51. The Morgan fingerprint density at radius 1 is 1.25 bits per heavy atom. The Kier molecular flexibility index (Phi) is 3.89. The number of methoxy groups -OCH3 is 1. The second-order valence-corrected chi connectivity index (χ2v) is 4.37. The molecule has 20 heavy (non-hydrogen) atoms. The van der Waals surface area contributed by atoms with Gasteiger partial charge < -0.3 is 15.8 Å². The predicted molar refractivity (Wildman–Crippen MR) is 76.5 cm³/mol. The van der Waals surface area contributed by atoms with Crippen molar-refractivity contribution in [3.8, 4) is 5.75 Å². The molecule has 4 nitrogen and oxygen atoms in total. The van der Waals surface area contributed by atoms with Crippen molar-refractivity contribution >= 4 is 17.3 Å². The van der Waals surface area contributed by atoms with Gasteiger partial charge in [0.15, 0.2) is 11.6 Å². The van der Waals surface area contributed by atoms with Gasteiger partial charge in [-0.15, -0.1) is 0 Å². The third-order valence-corrected chi connectivity index (χ3v) is 2.94. The molecule has 0 aliphatic carbocycles. The lowest BCUT2D eigenvalue weighted by molar-refractivity contribution is 0.102. The van der Waals surface area contributed by atoms with E-state index < -0.39 is 5.82 Å². The second kappa shape index (κ2) is 5.61. The Hall–Kier alpha value is -2.56. The van der Waals surface area contributed by atoms with Crippen molar-refractivity contribution in [2.24, 2.45) is 0 Å². The van der Waals surface area contributed by atoms with Crippen LogP contribution in [-0.4, -0.2) is 13.0 Å². The summed E-state index contributed by atoms with van der Waals surface area (Å²) >= 11 is 0. The van der Waals surface area contributed by atoms with E-state index in [1.54, 1.807) is 18.2 Å². The van der Waals surface area contributed by atoms with Crippen molar-refractivity contribution in [2.45, 2.75) is 6.92 Å². The predicted octanol–water partition coefficient (Wildman–Crippen LogP) is 2.98. The van der Waals surface area contributed by atoms with Crippen LogP contribution in [0.1, 0.15) is 15.9 Å². The van der Waals surface area contributed by atoms with E-state index in [0.29, 0.717) is 16.9 Å². The van der Waals surface area contributed by atoms with Crippen LogP contribution in [0.15, 0.2) is 36.4 Å². The zero-order valence-electron chi connectivity index (χ0n) is 11.2. The van der Waals surface area contributed by atoms with Crippen LogP contribution >= 0.6 is 0 Å². The topological polar surface area (TPSA) is 64.3 Å². The van der Waals surface area contributed by atoms with Crippen LogP contribution < -0.4 is 15.8 Å². The first-order valence-corrected chi connectivity index (χ1v) is 6.02. The Bertz CT molecular complexity index is 656. The van der Waals surface area contributed by atoms with Crippen molar-refractivity contribution in [1.82, 2.24) is 0 Å². The maximum atomic E-state index is 13.3. The van der Waals surface area contributed by atoms with Crippen molar-refractivity contribution in [3.63, 3.8) is 0 Å². The highest BCUT2D eigenvalue weighted by molar-refractivity contribution is 6.04. The number of halogens is 1. The molecule has 0 saturated heterocycles. The normalized spacial score (nSPS) is 10.2. The summed E-state index contributed by atoms with van der Waals surface area (Å²) in [7, 11) is 1.37. The van der Waals surface area contributed by atoms with Crippen LogP contribution in [0, 0.1) is 12.7 Å². The molecule has 0 saturated carbocycles. The van der Waals surface area contributed by atoms with Gasteiger partial charge in [0.1, 0.15) is 0 Å². The van der Waals surface area contributed by atoms with Crippen molar-refractivity contribution < 1.29 is 13.9 Å². The van der Waals surface area contributed by atoms with Crippen LogP contribution in [0.25, 0.3) is 0 Å². The summed E-state index contributed by atoms with van der Waals surface area (Å²) in [5, 5.41) is 2.68. The minimum absolute atomic E-state index is 0.0799. The average molecular weight is 274 g/mol. The molecule has 5 heteroatoms. The number of rotatable bonds is 3. The van der Waals surface area contributed by atoms with E-state index in [4.69, 9.17) is 10.5 Å². The van der Waals surface area contributed by atoms with E-state index in [1.165, 1.54) is 25.3 Å². The van der Waals surface area contributed by atoms with Gasteiger partial charge in [0.25, 0.3) is 5.91 Å². The Morgan fingerprint density at radius 2 is 2.00 bits per heavy atom. The maximum absolute atomic E-state index is 13.3. The van der Waals surface area contributed by atoms with Crippen molar-refractivity contribution in [2.75, 3.05) is 18.2 Å². The molecule has 0 atom stereocenters. The molecule has 0 unspecified atom stereocenters. The molecular formula is C15H15FN2O2. The molecule has 0 radical (unpaired) electrons. The van der Waals surface area contributed by atoms with Gasteiger partial charge in [-0.25, -0.2) is 4.39 Å². The SMILES string of the molecule is COc1cc(NC(=O)c2ccc(N)c(C)c2)ccc1F. The lowest BCUT2D eigenvalue weighted by Gasteiger charge is -2.09. The summed E-state index contributed by atoms with van der Waals surface area (Å²) in [4.78, 5) is 12.1. The average Bonchev–Trinajstić information content (AvgIpc) is 2.43. The number of hydrogen-bond donors (Lipinski definition) is 2. The second-order valence-electron chi connectivity index (χ2n) is 4.37. The minimum atomic E-state index is -0.478. The summed E-state index contributed by atoms with van der Waals surface area (Å²) in [5.41, 5.74) is 8.11. The number of amides is 1. The van der Waals surface area contributed by atoms with E-state index in [9.17, 15) is 9.18 Å². The van der Waals surface area contributed by atoms with Crippen LogP contribution in [-0.2, 0) is 0 Å². The number of anilines is 2. The molecule has 0 heterocycles. The molecule has 0 bridgehead atoms. The monoisotopic (exact) mass is 274 g/mol. The third kappa shape index (κ3) is 2.88. The number of nitrogen functional groups attached to an aromatic ring is 1. The van der Waals surface area contributed by atoms with Gasteiger partial charge >= 0.3 is 0 Å². The smallest absolute Gasteiger partial charge is 0.255 e. The molecule has 104 valence electrons. The minimum Gasteiger partial charge on any atom is -0.494 e. The van der Waals surface area contributed by atoms with Gasteiger partial charge in [0.2, 0.25) is 0 Å². The zero-order valence-corrected chi connectivity index (χ0v) is 11.2. The Labute approximate surface area is 116 Å². The van der Waals surface area contributed by atoms with Gasteiger partial charge in [0, 0.05) is 23.0 Å².